The third-order valence-electron chi connectivity index (χ3n) is 6.93. The summed E-state index contributed by atoms with van der Waals surface area (Å²) >= 11 is 0. The first-order valence-electron chi connectivity index (χ1n) is 10.8. The van der Waals surface area contributed by atoms with E-state index in [4.69, 9.17) is 9.47 Å². The molecular formula is C25H33NO3. The minimum atomic E-state index is -0.476. The van der Waals surface area contributed by atoms with E-state index in [1.54, 1.807) is 0 Å². The van der Waals surface area contributed by atoms with Gasteiger partial charge in [0.05, 0.1) is 6.10 Å². The number of cyclic esters (lactones) is 1. The lowest BCUT2D eigenvalue weighted by Gasteiger charge is -2.37. The number of benzene rings is 2. The highest BCUT2D eigenvalue weighted by Gasteiger charge is 2.38. The maximum atomic E-state index is 11.6. The number of carbonyl (C=O) groups is 1. The fraction of sp³-hybridized carbons (Fsp3) is 0.560. The molecule has 2 aromatic carbocycles. The van der Waals surface area contributed by atoms with Gasteiger partial charge in [0.1, 0.15) is 17.9 Å². The van der Waals surface area contributed by atoms with Crippen LogP contribution in [0, 0.1) is 18.3 Å². The van der Waals surface area contributed by atoms with Crippen molar-refractivity contribution >= 4 is 16.9 Å². The molecule has 1 amide bonds. The Morgan fingerprint density at radius 3 is 2.45 bits per heavy atom. The Morgan fingerprint density at radius 2 is 1.83 bits per heavy atom. The van der Waals surface area contributed by atoms with Gasteiger partial charge in [0.2, 0.25) is 0 Å². The molecule has 0 radical (unpaired) electrons. The average Bonchev–Trinajstić information content (AvgIpc) is 3.01. The Labute approximate surface area is 174 Å². The summed E-state index contributed by atoms with van der Waals surface area (Å²) in [6.07, 6.45) is 4.73. The Hall–Kier alpha value is -2.23. The van der Waals surface area contributed by atoms with Crippen molar-refractivity contribution in [3.05, 3.63) is 41.5 Å². The van der Waals surface area contributed by atoms with E-state index in [1.165, 1.54) is 29.2 Å². The maximum absolute atomic E-state index is 11.6. The molecule has 0 unspecified atom stereocenters. The minimum Gasteiger partial charge on any atom is -0.490 e. The first kappa shape index (κ1) is 20.1. The summed E-state index contributed by atoms with van der Waals surface area (Å²) in [6, 6.07) is 10.6. The molecule has 4 heteroatoms. The highest BCUT2D eigenvalue weighted by molar-refractivity contribution is 5.88. The van der Waals surface area contributed by atoms with Crippen LogP contribution in [0.25, 0.3) is 10.8 Å². The highest BCUT2D eigenvalue weighted by Crippen LogP contribution is 2.39. The topological polar surface area (TPSA) is 47.6 Å². The third-order valence-corrected chi connectivity index (χ3v) is 6.93. The molecule has 0 spiro atoms. The van der Waals surface area contributed by atoms with Crippen LogP contribution in [0.1, 0.15) is 64.5 Å². The molecule has 0 bridgehead atoms. The highest BCUT2D eigenvalue weighted by atomic mass is 16.6. The van der Waals surface area contributed by atoms with Crippen molar-refractivity contribution in [2.24, 2.45) is 11.3 Å². The number of ether oxygens (including phenoxy) is 2. The van der Waals surface area contributed by atoms with Crippen LogP contribution >= 0.6 is 0 Å². The van der Waals surface area contributed by atoms with E-state index in [9.17, 15) is 4.79 Å². The van der Waals surface area contributed by atoms with Crippen LogP contribution < -0.4 is 10.1 Å². The molecule has 1 N–H and O–H groups in total. The van der Waals surface area contributed by atoms with Crippen LogP contribution in [-0.2, 0) is 10.3 Å². The predicted octanol–water partition coefficient (Wildman–Crippen LogP) is 6.09. The minimum absolute atomic E-state index is 0.316. The summed E-state index contributed by atoms with van der Waals surface area (Å²) in [4.78, 5) is 11.6. The van der Waals surface area contributed by atoms with Gasteiger partial charge >= 0.3 is 6.09 Å². The largest absolute Gasteiger partial charge is 0.490 e. The Balaban J connectivity index is 1.51. The number of aryl methyl sites for hydroxylation is 1. The van der Waals surface area contributed by atoms with Gasteiger partial charge in [-0.05, 0) is 84.9 Å². The van der Waals surface area contributed by atoms with Crippen molar-refractivity contribution < 1.29 is 14.3 Å². The van der Waals surface area contributed by atoms with E-state index in [0.717, 1.165) is 30.1 Å². The fourth-order valence-electron chi connectivity index (χ4n) is 5.03. The summed E-state index contributed by atoms with van der Waals surface area (Å²) in [6.45, 7) is 11.5. The van der Waals surface area contributed by atoms with Gasteiger partial charge in [-0.25, -0.2) is 4.79 Å². The lowest BCUT2D eigenvalue weighted by atomic mass is 9.72. The van der Waals surface area contributed by atoms with Crippen LogP contribution in [0.3, 0.4) is 0 Å². The molecule has 1 atom stereocenters. The van der Waals surface area contributed by atoms with Crippen LogP contribution in [0.2, 0.25) is 0 Å². The molecule has 4 nitrogen and oxygen atoms in total. The van der Waals surface area contributed by atoms with Crippen LogP contribution in [0.15, 0.2) is 30.3 Å². The molecule has 29 heavy (non-hydrogen) atoms. The van der Waals surface area contributed by atoms with E-state index in [2.05, 4.69) is 63.3 Å². The summed E-state index contributed by atoms with van der Waals surface area (Å²) in [7, 11) is 0. The smallest absolute Gasteiger partial charge is 0.408 e. The summed E-state index contributed by atoms with van der Waals surface area (Å²) in [5, 5.41) is 5.30. The second-order valence-electron chi connectivity index (χ2n) is 10.1. The Bertz CT molecular complexity index is 922. The Kier molecular flexibility index (Phi) is 5.00. The molecule has 1 saturated carbocycles. The number of rotatable bonds is 3. The SMILES string of the molecule is Cc1c([C@]2(C)COC(=O)N2)ccc2cc(O[C@H]3CC[C@H](C(C)(C)C)CC3)ccc12. The van der Waals surface area contributed by atoms with Crippen LogP contribution in [0.5, 0.6) is 5.75 Å². The van der Waals surface area contributed by atoms with Gasteiger partial charge in [-0.1, -0.05) is 39.0 Å². The monoisotopic (exact) mass is 395 g/mol. The number of hydrogen-bond donors (Lipinski definition) is 1. The van der Waals surface area contributed by atoms with E-state index in [1.807, 2.05) is 6.92 Å². The number of nitrogens with one attached hydrogen (secondary N) is 1. The van der Waals surface area contributed by atoms with Gasteiger partial charge in [-0.15, -0.1) is 0 Å². The molecule has 1 saturated heterocycles. The van der Waals surface area contributed by atoms with E-state index >= 15 is 0 Å². The summed E-state index contributed by atoms with van der Waals surface area (Å²) in [5.41, 5.74) is 2.19. The first-order chi connectivity index (χ1) is 13.7. The van der Waals surface area contributed by atoms with Crippen molar-refractivity contribution in [1.82, 2.24) is 5.32 Å². The fourth-order valence-corrected chi connectivity index (χ4v) is 5.03. The molecule has 1 aliphatic carbocycles. The van der Waals surface area contributed by atoms with Gasteiger partial charge in [0.25, 0.3) is 0 Å². The zero-order valence-electron chi connectivity index (χ0n) is 18.3. The number of fused-ring (bicyclic) bond motifs is 1. The molecule has 2 aliphatic rings. The molecule has 1 heterocycles. The lowest BCUT2D eigenvalue weighted by Crippen LogP contribution is -2.37. The van der Waals surface area contributed by atoms with Crippen molar-refractivity contribution in [1.29, 1.82) is 0 Å². The van der Waals surface area contributed by atoms with Gasteiger partial charge < -0.3 is 14.8 Å². The van der Waals surface area contributed by atoms with Crippen molar-refractivity contribution in [3.8, 4) is 5.75 Å². The normalized spacial score (nSPS) is 27.6. The number of hydrogen-bond acceptors (Lipinski definition) is 3. The summed E-state index contributed by atoms with van der Waals surface area (Å²) < 4.78 is 11.5. The quantitative estimate of drug-likeness (QED) is 0.684. The zero-order chi connectivity index (χ0) is 20.8. The van der Waals surface area contributed by atoms with E-state index in [-0.39, 0.29) is 6.09 Å². The van der Waals surface area contributed by atoms with Crippen molar-refractivity contribution in [2.45, 2.75) is 71.9 Å². The van der Waals surface area contributed by atoms with Crippen LogP contribution in [-0.4, -0.2) is 18.8 Å². The van der Waals surface area contributed by atoms with E-state index in [0.29, 0.717) is 18.1 Å². The van der Waals surface area contributed by atoms with Gasteiger partial charge in [-0.3, -0.25) is 0 Å². The molecule has 2 fully saturated rings. The van der Waals surface area contributed by atoms with E-state index < -0.39 is 5.54 Å². The second kappa shape index (κ2) is 7.23. The Morgan fingerprint density at radius 1 is 1.10 bits per heavy atom. The first-order valence-corrected chi connectivity index (χ1v) is 10.8. The number of alkyl carbamates (subject to hydrolysis) is 1. The average molecular weight is 396 g/mol. The standard InChI is InChI=1S/C25H33NO3/c1-16-21-12-11-20(29-19-9-7-18(8-10-19)24(2,3)4)14-17(21)6-13-22(16)25(5)15-28-23(27)26-25/h6,11-14,18-19H,7-10,15H2,1-5H3,(H,26,27)/t18-,19-,25-/m0/s1. The predicted molar refractivity (Wildman–Crippen MR) is 116 cm³/mol. The molecule has 0 aromatic heterocycles. The zero-order valence-corrected chi connectivity index (χ0v) is 18.3. The van der Waals surface area contributed by atoms with Gasteiger partial charge in [0.15, 0.2) is 0 Å². The molecule has 2 aromatic rings. The lowest BCUT2D eigenvalue weighted by molar-refractivity contribution is 0.0883. The summed E-state index contributed by atoms with van der Waals surface area (Å²) in [5.74, 6) is 1.74. The van der Waals surface area contributed by atoms with Crippen LogP contribution in [0.4, 0.5) is 4.79 Å². The van der Waals surface area contributed by atoms with Gasteiger partial charge in [0, 0.05) is 0 Å². The maximum Gasteiger partial charge on any atom is 0.408 e. The number of amides is 1. The van der Waals surface area contributed by atoms with Crippen molar-refractivity contribution in [2.75, 3.05) is 6.61 Å². The number of carbonyl (C=O) groups excluding carboxylic acids is 1. The van der Waals surface area contributed by atoms with Crippen molar-refractivity contribution in [3.63, 3.8) is 0 Å². The third kappa shape index (κ3) is 3.94. The second-order valence-corrected chi connectivity index (χ2v) is 10.1. The molecule has 1 aliphatic heterocycles. The molecule has 4 rings (SSSR count). The molecular weight excluding hydrogens is 362 g/mol. The van der Waals surface area contributed by atoms with Gasteiger partial charge in [-0.2, -0.15) is 0 Å². The molecule has 156 valence electrons.